The summed E-state index contributed by atoms with van der Waals surface area (Å²) in [4.78, 5) is 10.5. The van der Waals surface area contributed by atoms with Gasteiger partial charge in [0, 0.05) is 30.3 Å². The third kappa shape index (κ3) is 4.24. The molecule has 1 N–H and O–H groups in total. The SMILES string of the molecule is CCOc1cc(NC(C)Cc2ccco2)cc([N+](=O)[O-])c1. The fourth-order valence-electron chi connectivity index (χ4n) is 2.09. The Hall–Kier alpha value is -2.50. The average molecular weight is 290 g/mol. The van der Waals surface area contributed by atoms with Crippen LogP contribution in [0, 0.1) is 10.1 Å². The van der Waals surface area contributed by atoms with Crippen molar-refractivity contribution in [1.29, 1.82) is 0 Å². The van der Waals surface area contributed by atoms with Crippen molar-refractivity contribution >= 4 is 11.4 Å². The molecular weight excluding hydrogens is 272 g/mol. The Balaban J connectivity index is 2.12. The van der Waals surface area contributed by atoms with Crippen LogP contribution in [0.25, 0.3) is 0 Å². The number of anilines is 1. The molecule has 2 aromatic rings. The topological polar surface area (TPSA) is 77.5 Å². The van der Waals surface area contributed by atoms with Crippen LogP contribution in [0.1, 0.15) is 19.6 Å². The zero-order valence-corrected chi connectivity index (χ0v) is 12.0. The van der Waals surface area contributed by atoms with Gasteiger partial charge in [-0.05, 0) is 26.0 Å². The van der Waals surface area contributed by atoms with Gasteiger partial charge in [-0.3, -0.25) is 10.1 Å². The van der Waals surface area contributed by atoms with Crippen LogP contribution in [0.5, 0.6) is 5.75 Å². The van der Waals surface area contributed by atoms with Crippen molar-refractivity contribution in [3.63, 3.8) is 0 Å². The second-order valence-electron chi connectivity index (χ2n) is 4.73. The van der Waals surface area contributed by atoms with Gasteiger partial charge in [0.25, 0.3) is 5.69 Å². The summed E-state index contributed by atoms with van der Waals surface area (Å²) in [6, 6.07) is 8.50. The third-order valence-corrected chi connectivity index (χ3v) is 2.91. The Bertz CT molecular complexity index is 596. The van der Waals surface area contributed by atoms with E-state index in [1.54, 1.807) is 12.3 Å². The molecule has 0 saturated carbocycles. The molecule has 1 aromatic carbocycles. The number of furan rings is 1. The van der Waals surface area contributed by atoms with Crippen molar-refractivity contribution in [2.75, 3.05) is 11.9 Å². The van der Waals surface area contributed by atoms with E-state index in [0.29, 0.717) is 24.5 Å². The Morgan fingerprint density at radius 2 is 2.24 bits per heavy atom. The lowest BCUT2D eigenvalue weighted by atomic mass is 10.1. The van der Waals surface area contributed by atoms with Gasteiger partial charge in [0.05, 0.1) is 23.9 Å². The van der Waals surface area contributed by atoms with E-state index in [0.717, 1.165) is 5.76 Å². The summed E-state index contributed by atoms with van der Waals surface area (Å²) in [7, 11) is 0. The molecule has 1 atom stereocenters. The minimum absolute atomic E-state index is 0.00801. The van der Waals surface area contributed by atoms with Crippen LogP contribution in [0.15, 0.2) is 41.0 Å². The molecule has 0 aliphatic rings. The molecule has 1 unspecified atom stereocenters. The normalized spacial score (nSPS) is 11.9. The summed E-state index contributed by atoms with van der Waals surface area (Å²) in [5.74, 6) is 1.35. The van der Waals surface area contributed by atoms with Gasteiger partial charge in [-0.2, -0.15) is 0 Å². The minimum Gasteiger partial charge on any atom is -0.494 e. The van der Waals surface area contributed by atoms with Crippen LogP contribution in [0.3, 0.4) is 0 Å². The first-order valence-corrected chi connectivity index (χ1v) is 6.79. The number of hydrogen-bond donors (Lipinski definition) is 1. The molecule has 0 spiro atoms. The number of benzene rings is 1. The molecule has 0 aliphatic carbocycles. The standard InChI is InChI=1S/C15H18N2O4/c1-3-20-15-9-12(8-13(10-15)17(18)19)16-11(2)7-14-5-4-6-21-14/h4-6,8-11,16H,3,7H2,1-2H3. The maximum atomic E-state index is 11.0. The minimum atomic E-state index is -0.426. The van der Waals surface area contributed by atoms with Crippen molar-refractivity contribution in [3.05, 3.63) is 52.5 Å². The number of ether oxygens (including phenoxy) is 1. The van der Waals surface area contributed by atoms with E-state index in [1.165, 1.54) is 12.1 Å². The Kier molecular flexibility index (Phi) is 4.81. The molecule has 1 heterocycles. The number of rotatable bonds is 7. The van der Waals surface area contributed by atoms with E-state index in [4.69, 9.17) is 9.15 Å². The van der Waals surface area contributed by atoms with Crippen LogP contribution in [-0.4, -0.2) is 17.6 Å². The molecule has 21 heavy (non-hydrogen) atoms. The average Bonchev–Trinajstić information content (AvgIpc) is 2.91. The monoisotopic (exact) mass is 290 g/mol. The first-order valence-electron chi connectivity index (χ1n) is 6.79. The predicted octanol–water partition coefficient (Wildman–Crippen LogP) is 3.63. The van der Waals surface area contributed by atoms with E-state index in [2.05, 4.69) is 5.32 Å². The van der Waals surface area contributed by atoms with Gasteiger partial charge in [0.1, 0.15) is 11.5 Å². The molecule has 0 bridgehead atoms. The molecule has 6 heteroatoms. The van der Waals surface area contributed by atoms with Gasteiger partial charge in [-0.15, -0.1) is 0 Å². The Morgan fingerprint density at radius 3 is 2.86 bits per heavy atom. The van der Waals surface area contributed by atoms with Crippen molar-refractivity contribution in [2.45, 2.75) is 26.3 Å². The number of hydrogen-bond acceptors (Lipinski definition) is 5. The largest absolute Gasteiger partial charge is 0.494 e. The summed E-state index contributed by atoms with van der Waals surface area (Å²) in [5, 5.41) is 14.2. The summed E-state index contributed by atoms with van der Waals surface area (Å²) >= 11 is 0. The Morgan fingerprint density at radius 1 is 1.43 bits per heavy atom. The second kappa shape index (κ2) is 6.78. The molecule has 0 aliphatic heterocycles. The van der Waals surface area contributed by atoms with Gasteiger partial charge in [-0.1, -0.05) is 0 Å². The molecular formula is C15H18N2O4. The molecule has 1 aromatic heterocycles. The van der Waals surface area contributed by atoms with E-state index in [1.807, 2.05) is 26.0 Å². The highest BCUT2D eigenvalue weighted by molar-refractivity contribution is 5.56. The number of nitrogens with zero attached hydrogens (tertiary/aromatic N) is 1. The van der Waals surface area contributed by atoms with Crippen molar-refractivity contribution in [3.8, 4) is 5.75 Å². The predicted molar refractivity (Wildman–Crippen MR) is 79.8 cm³/mol. The van der Waals surface area contributed by atoms with Crippen LogP contribution in [0.2, 0.25) is 0 Å². The molecule has 0 radical (unpaired) electrons. The lowest BCUT2D eigenvalue weighted by Gasteiger charge is -2.15. The number of nitro benzene ring substituents is 1. The smallest absolute Gasteiger partial charge is 0.275 e. The summed E-state index contributed by atoms with van der Waals surface area (Å²) in [6.07, 6.45) is 2.32. The van der Waals surface area contributed by atoms with Crippen LogP contribution in [-0.2, 0) is 6.42 Å². The third-order valence-electron chi connectivity index (χ3n) is 2.91. The first kappa shape index (κ1) is 14.9. The molecule has 112 valence electrons. The molecule has 2 rings (SSSR count). The van der Waals surface area contributed by atoms with Crippen LogP contribution in [0.4, 0.5) is 11.4 Å². The fourth-order valence-corrected chi connectivity index (χ4v) is 2.09. The highest BCUT2D eigenvalue weighted by atomic mass is 16.6. The summed E-state index contributed by atoms with van der Waals surface area (Å²) in [5.41, 5.74) is 0.667. The molecule has 0 amide bonds. The van der Waals surface area contributed by atoms with Crippen LogP contribution < -0.4 is 10.1 Å². The van der Waals surface area contributed by atoms with Gasteiger partial charge >= 0.3 is 0 Å². The summed E-state index contributed by atoms with van der Waals surface area (Å²) < 4.78 is 10.7. The number of nitro groups is 1. The van der Waals surface area contributed by atoms with Gasteiger partial charge < -0.3 is 14.5 Å². The van der Waals surface area contributed by atoms with E-state index < -0.39 is 4.92 Å². The van der Waals surface area contributed by atoms with Gasteiger partial charge in [-0.25, -0.2) is 0 Å². The number of nitrogens with one attached hydrogen (secondary N) is 1. The van der Waals surface area contributed by atoms with Crippen molar-refractivity contribution < 1.29 is 14.1 Å². The quantitative estimate of drug-likeness (QED) is 0.622. The van der Waals surface area contributed by atoms with E-state index >= 15 is 0 Å². The Labute approximate surface area is 122 Å². The zero-order chi connectivity index (χ0) is 15.2. The number of non-ortho nitro benzene ring substituents is 1. The fraction of sp³-hybridized carbons (Fsp3) is 0.333. The molecule has 6 nitrogen and oxygen atoms in total. The zero-order valence-electron chi connectivity index (χ0n) is 12.0. The van der Waals surface area contributed by atoms with Crippen molar-refractivity contribution in [2.24, 2.45) is 0 Å². The molecule has 0 fully saturated rings. The van der Waals surface area contributed by atoms with Crippen molar-refractivity contribution in [1.82, 2.24) is 0 Å². The van der Waals surface area contributed by atoms with Gasteiger partial charge in [0.2, 0.25) is 0 Å². The lowest BCUT2D eigenvalue weighted by molar-refractivity contribution is -0.384. The highest BCUT2D eigenvalue weighted by Gasteiger charge is 2.13. The lowest BCUT2D eigenvalue weighted by Crippen LogP contribution is -2.17. The first-order chi connectivity index (χ1) is 10.1. The summed E-state index contributed by atoms with van der Waals surface area (Å²) in [6.45, 7) is 4.29. The maximum absolute atomic E-state index is 11.0. The maximum Gasteiger partial charge on any atom is 0.275 e. The van der Waals surface area contributed by atoms with Crippen LogP contribution >= 0.6 is 0 Å². The second-order valence-corrected chi connectivity index (χ2v) is 4.73. The van der Waals surface area contributed by atoms with E-state index in [9.17, 15) is 10.1 Å². The van der Waals surface area contributed by atoms with Gasteiger partial charge in [0.15, 0.2) is 0 Å². The molecule has 0 saturated heterocycles. The van der Waals surface area contributed by atoms with E-state index in [-0.39, 0.29) is 11.7 Å². The highest BCUT2D eigenvalue weighted by Crippen LogP contribution is 2.26.